The highest BCUT2D eigenvalue weighted by Crippen LogP contribution is 2.34. The average molecular weight is 300 g/mol. The Bertz CT molecular complexity index is 470. The van der Waals surface area contributed by atoms with Gasteiger partial charge in [-0.25, -0.2) is 0 Å². The molecule has 0 aliphatic heterocycles. The number of hydrogen-bond acceptors (Lipinski definition) is 6. The van der Waals surface area contributed by atoms with E-state index >= 15 is 0 Å². The molecule has 4 N–H and O–H groups in total. The Hall–Kier alpha value is -1.83. The third-order valence-corrected chi connectivity index (χ3v) is 3.35. The Labute approximate surface area is 122 Å². The van der Waals surface area contributed by atoms with E-state index in [2.05, 4.69) is 0 Å². The minimum absolute atomic E-state index is 0.298. The summed E-state index contributed by atoms with van der Waals surface area (Å²) < 4.78 is 10.2. The second-order valence-corrected chi connectivity index (χ2v) is 4.55. The second kappa shape index (κ2) is 7.82. The zero-order valence-corrected chi connectivity index (χ0v) is 11.9. The molecular weight excluding hydrogens is 280 g/mol. The van der Waals surface area contributed by atoms with Crippen molar-refractivity contribution in [2.45, 2.75) is 6.10 Å². The van der Waals surface area contributed by atoms with Crippen molar-refractivity contribution >= 4 is 5.97 Å². The number of carboxylic acids is 1. The third-order valence-electron chi connectivity index (χ3n) is 3.35. The zero-order valence-electron chi connectivity index (χ0n) is 11.9. The number of aliphatic hydroxyl groups is 3. The smallest absolute Gasteiger partial charge is 0.309 e. The Kier molecular flexibility index (Phi) is 6.41. The highest BCUT2D eigenvalue weighted by molar-refractivity contribution is 5.71. The van der Waals surface area contributed by atoms with Crippen LogP contribution >= 0.6 is 0 Å². The Morgan fingerprint density at radius 2 is 1.71 bits per heavy atom. The van der Waals surface area contributed by atoms with Crippen LogP contribution in [0.15, 0.2) is 18.2 Å². The number of aliphatic hydroxyl groups excluding tert-OH is 3. The SMILES string of the molecule is COc1ccc(C(O)C(C(=O)O)C(CO)CO)cc1OC. The molecule has 0 bridgehead atoms. The summed E-state index contributed by atoms with van der Waals surface area (Å²) in [5.74, 6) is -2.81. The summed E-state index contributed by atoms with van der Waals surface area (Å²) in [5, 5.41) is 37.8. The van der Waals surface area contributed by atoms with Crippen LogP contribution in [-0.2, 0) is 4.79 Å². The Morgan fingerprint density at radius 3 is 2.14 bits per heavy atom. The Balaban J connectivity index is 3.14. The van der Waals surface area contributed by atoms with Crippen LogP contribution in [0.4, 0.5) is 0 Å². The minimum Gasteiger partial charge on any atom is -0.493 e. The fraction of sp³-hybridized carbons (Fsp3) is 0.500. The van der Waals surface area contributed by atoms with Crippen LogP contribution in [0, 0.1) is 11.8 Å². The van der Waals surface area contributed by atoms with Crippen molar-refractivity contribution in [3.63, 3.8) is 0 Å². The summed E-state index contributed by atoms with van der Waals surface area (Å²) in [6.07, 6.45) is -1.40. The number of aliphatic carboxylic acids is 1. The first-order valence-electron chi connectivity index (χ1n) is 6.34. The molecular formula is C14H20O7. The molecule has 0 amide bonds. The maximum atomic E-state index is 11.3. The molecule has 21 heavy (non-hydrogen) atoms. The van der Waals surface area contributed by atoms with Gasteiger partial charge in [0.15, 0.2) is 11.5 Å². The van der Waals surface area contributed by atoms with Crippen LogP contribution in [0.1, 0.15) is 11.7 Å². The topological polar surface area (TPSA) is 116 Å². The van der Waals surface area contributed by atoms with Gasteiger partial charge in [0.25, 0.3) is 0 Å². The second-order valence-electron chi connectivity index (χ2n) is 4.55. The molecule has 7 heteroatoms. The van der Waals surface area contributed by atoms with Gasteiger partial charge in [0.05, 0.1) is 26.2 Å². The number of rotatable bonds is 8. The molecule has 0 aliphatic carbocycles. The molecule has 118 valence electrons. The van der Waals surface area contributed by atoms with E-state index in [1.54, 1.807) is 6.07 Å². The molecule has 0 radical (unpaired) electrons. The van der Waals surface area contributed by atoms with Gasteiger partial charge in [0.1, 0.15) is 0 Å². The largest absolute Gasteiger partial charge is 0.493 e. The summed E-state index contributed by atoms with van der Waals surface area (Å²) >= 11 is 0. The van der Waals surface area contributed by atoms with Crippen molar-refractivity contribution in [1.29, 1.82) is 0 Å². The minimum atomic E-state index is -1.40. The molecule has 0 saturated heterocycles. The first-order valence-corrected chi connectivity index (χ1v) is 6.34. The number of carbonyl (C=O) groups is 1. The number of hydrogen-bond donors (Lipinski definition) is 4. The van der Waals surface area contributed by atoms with Crippen LogP contribution in [0.2, 0.25) is 0 Å². The average Bonchev–Trinajstić information content (AvgIpc) is 2.50. The van der Waals surface area contributed by atoms with Gasteiger partial charge in [0, 0.05) is 19.1 Å². The quantitative estimate of drug-likeness (QED) is 0.535. The lowest BCUT2D eigenvalue weighted by atomic mass is 9.85. The van der Waals surface area contributed by atoms with Gasteiger partial charge in [-0.05, 0) is 17.7 Å². The van der Waals surface area contributed by atoms with Crippen molar-refractivity contribution in [3.8, 4) is 11.5 Å². The van der Waals surface area contributed by atoms with Gasteiger partial charge in [-0.1, -0.05) is 6.07 Å². The van der Waals surface area contributed by atoms with Crippen LogP contribution in [0.25, 0.3) is 0 Å². The summed E-state index contributed by atoms with van der Waals surface area (Å²) in [6, 6.07) is 4.52. The number of benzene rings is 1. The van der Waals surface area contributed by atoms with E-state index in [0.717, 1.165) is 0 Å². The fourth-order valence-corrected chi connectivity index (χ4v) is 2.12. The summed E-state index contributed by atoms with van der Waals surface area (Å²) in [4.78, 5) is 11.3. The molecule has 2 unspecified atom stereocenters. The normalized spacial score (nSPS) is 13.8. The van der Waals surface area contributed by atoms with Gasteiger partial charge in [-0.2, -0.15) is 0 Å². The van der Waals surface area contributed by atoms with Gasteiger partial charge < -0.3 is 29.9 Å². The van der Waals surface area contributed by atoms with E-state index in [0.29, 0.717) is 17.1 Å². The van der Waals surface area contributed by atoms with Gasteiger partial charge in [0.2, 0.25) is 0 Å². The van der Waals surface area contributed by atoms with Gasteiger partial charge in [-0.15, -0.1) is 0 Å². The van der Waals surface area contributed by atoms with Crippen LogP contribution < -0.4 is 9.47 Å². The lowest BCUT2D eigenvalue weighted by Crippen LogP contribution is -2.34. The third kappa shape index (κ3) is 3.84. The van der Waals surface area contributed by atoms with Gasteiger partial charge in [-0.3, -0.25) is 4.79 Å². The van der Waals surface area contributed by atoms with E-state index in [1.165, 1.54) is 26.4 Å². The van der Waals surface area contributed by atoms with E-state index in [4.69, 9.17) is 19.7 Å². The number of carboxylic acid groups (broad SMARTS) is 1. The molecule has 1 rings (SSSR count). The highest BCUT2D eigenvalue weighted by atomic mass is 16.5. The molecule has 0 aromatic heterocycles. The van der Waals surface area contributed by atoms with Crippen LogP contribution in [0.5, 0.6) is 11.5 Å². The standard InChI is InChI=1S/C14H20O7/c1-20-10-4-3-8(5-11(10)21-2)13(17)12(14(18)19)9(6-15)7-16/h3-5,9,12-13,15-17H,6-7H2,1-2H3,(H,18,19). The highest BCUT2D eigenvalue weighted by Gasteiger charge is 2.35. The molecule has 0 aliphatic rings. The summed E-state index contributed by atoms with van der Waals surface area (Å²) in [6.45, 7) is -1.09. The monoisotopic (exact) mass is 300 g/mol. The predicted molar refractivity (Wildman–Crippen MR) is 73.3 cm³/mol. The molecule has 0 saturated carbocycles. The summed E-state index contributed by atoms with van der Waals surface area (Å²) in [5.41, 5.74) is 0.298. The molecule has 7 nitrogen and oxygen atoms in total. The van der Waals surface area contributed by atoms with Crippen LogP contribution in [0.3, 0.4) is 0 Å². The van der Waals surface area contributed by atoms with Crippen molar-refractivity contribution in [3.05, 3.63) is 23.8 Å². The molecule has 1 aromatic rings. The lowest BCUT2D eigenvalue weighted by molar-refractivity contribution is -0.151. The first-order chi connectivity index (χ1) is 9.99. The lowest BCUT2D eigenvalue weighted by Gasteiger charge is -2.25. The summed E-state index contributed by atoms with van der Waals surface area (Å²) in [7, 11) is 2.88. The number of ether oxygens (including phenoxy) is 2. The maximum absolute atomic E-state index is 11.3. The maximum Gasteiger partial charge on any atom is 0.309 e. The molecule has 0 heterocycles. The Morgan fingerprint density at radius 1 is 1.14 bits per heavy atom. The fourth-order valence-electron chi connectivity index (χ4n) is 2.12. The molecule has 0 fully saturated rings. The van der Waals surface area contributed by atoms with Crippen molar-refractivity contribution < 1.29 is 34.7 Å². The van der Waals surface area contributed by atoms with Crippen molar-refractivity contribution in [2.24, 2.45) is 11.8 Å². The molecule has 0 spiro atoms. The first kappa shape index (κ1) is 17.2. The van der Waals surface area contributed by atoms with Crippen molar-refractivity contribution in [2.75, 3.05) is 27.4 Å². The number of methoxy groups -OCH3 is 2. The van der Waals surface area contributed by atoms with E-state index < -0.39 is 37.1 Å². The molecule has 1 aromatic carbocycles. The van der Waals surface area contributed by atoms with E-state index in [-0.39, 0.29) is 0 Å². The van der Waals surface area contributed by atoms with Gasteiger partial charge >= 0.3 is 5.97 Å². The molecule has 2 atom stereocenters. The van der Waals surface area contributed by atoms with Crippen LogP contribution in [-0.4, -0.2) is 53.8 Å². The van der Waals surface area contributed by atoms with Crippen molar-refractivity contribution in [1.82, 2.24) is 0 Å². The zero-order chi connectivity index (χ0) is 16.0. The predicted octanol–water partition coefficient (Wildman–Crippen LogP) is 0.0388. The van der Waals surface area contributed by atoms with E-state index in [1.807, 2.05) is 0 Å². The van der Waals surface area contributed by atoms with E-state index in [9.17, 15) is 15.0 Å².